The van der Waals surface area contributed by atoms with Crippen molar-refractivity contribution in [1.82, 2.24) is 0 Å². The lowest BCUT2D eigenvalue weighted by Crippen LogP contribution is -2.25. The number of hydrogen-bond donors (Lipinski definition) is 1. The predicted molar refractivity (Wildman–Crippen MR) is 106 cm³/mol. The molecule has 1 saturated heterocycles. The molecule has 9 heteroatoms. The average Bonchev–Trinajstić information content (AvgIpc) is 3.06. The molecular weight excluding hydrogens is 384 g/mol. The molecule has 1 amide bonds. The number of sulfonamides is 1. The second kappa shape index (κ2) is 7.97. The van der Waals surface area contributed by atoms with Crippen molar-refractivity contribution in [1.29, 1.82) is 0 Å². The van der Waals surface area contributed by atoms with E-state index in [1.54, 1.807) is 36.4 Å². The van der Waals surface area contributed by atoms with E-state index in [1.165, 1.54) is 25.6 Å². The Morgan fingerprint density at radius 3 is 2.36 bits per heavy atom. The van der Waals surface area contributed by atoms with Gasteiger partial charge in [-0.3, -0.25) is 9.10 Å². The standard InChI is InChI=1S/C19H22N2O6S/c1-25-14-6-7-15(18(12-14)27-3)19(22)20-16-11-13(5-8-17(16)26-2)21-9-4-10-28(21,23)24/h5-8,11-12H,4,9-10H2,1-3H3,(H,20,22). The maximum absolute atomic E-state index is 12.8. The van der Waals surface area contributed by atoms with Crippen molar-refractivity contribution < 1.29 is 27.4 Å². The molecule has 0 aliphatic carbocycles. The van der Waals surface area contributed by atoms with E-state index in [0.717, 1.165) is 0 Å². The fourth-order valence-electron chi connectivity index (χ4n) is 3.05. The van der Waals surface area contributed by atoms with Crippen molar-refractivity contribution in [3.63, 3.8) is 0 Å². The number of amides is 1. The number of carbonyl (C=O) groups excluding carboxylic acids is 1. The fourth-order valence-corrected chi connectivity index (χ4v) is 4.61. The lowest BCUT2D eigenvalue weighted by atomic mass is 10.1. The van der Waals surface area contributed by atoms with Crippen LogP contribution < -0.4 is 23.8 Å². The van der Waals surface area contributed by atoms with Crippen LogP contribution in [0.2, 0.25) is 0 Å². The van der Waals surface area contributed by atoms with E-state index < -0.39 is 15.9 Å². The zero-order chi connectivity index (χ0) is 20.3. The van der Waals surface area contributed by atoms with Crippen molar-refractivity contribution >= 4 is 27.3 Å². The van der Waals surface area contributed by atoms with Gasteiger partial charge in [0.2, 0.25) is 10.0 Å². The van der Waals surface area contributed by atoms with Crippen LogP contribution in [-0.2, 0) is 10.0 Å². The van der Waals surface area contributed by atoms with Crippen LogP contribution in [0.4, 0.5) is 11.4 Å². The third-order valence-electron chi connectivity index (χ3n) is 4.47. The summed E-state index contributed by atoms with van der Waals surface area (Å²) in [5.41, 5.74) is 1.16. The number of benzene rings is 2. The zero-order valence-corrected chi connectivity index (χ0v) is 16.7. The molecule has 1 heterocycles. The van der Waals surface area contributed by atoms with Gasteiger partial charge < -0.3 is 19.5 Å². The number of hydrogen-bond acceptors (Lipinski definition) is 6. The van der Waals surface area contributed by atoms with Crippen molar-refractivity contribution in [2.45, 2.75) is 6.42 Å². The highest BCUT2D eigenvalue weighted by Crippen LogP contribution is 2.34. The third-order valence-corrected chi connectivity index (χ3v) is 6.34. The first kappa shape index (κ1) is 19.8. The number of anilines is 2. The van der Waals surface area contributed by atoms with Crippen molar-refractivity contribution in [3.8, 4) is 17.2 Å². The quantitative estimate of drug-likeness (QED) is 0.792. The summed E-state index contributed by atoms with van der Waals surface area (Å²) in [5, 5.41) is 2.77. The van der Waals surface area contributed by atoms with Gasteiger partial charge >= 0.3 is 0 Å². The molecule has 0 bridgehead atoms. The van der Waals surface area contributed by atoms with Crippen LogP contribution in [0.25, 0.3) is 0 Å². The van der Waals surface area contributed by atoms with E-state index in [9.17, 15) is 13.2 Å². The molecule has 28 heavy (non-hydrogen) atoms. The van der Waals surface area contributed by atoms with Crippen LogP contribution in [0.1, 0.15) is 16.8 Å². The summed E-state index contributed by atoms with van der Waals surface area (Å²) in [6.45, 7) is 0.411. The minimum absolute atomic E-state index is 0.115. The second-order valence-corrected chi connectivity index (χ2v) is 8.16. The lowest BCUT2D eigenvalue weighted by molar-refractivity contribution is 0.102. The Hall–Kier alpha value is -2.94. The smallest absolute Gasteiger partial charge is 0.259 e. The largest absolute Gasteiger partial charge is 0.497 e. The second-order valence-electron chi connectivity index (χ2n) is 6.15. The Kier molecular flexibility index (Phi) is 5.64. The van der Waals surface area contributed by atoms with Crippen LogP contribution >= 0.6 is 0 Å². The van der Waals surface area contributed by atoms with Gasteiger partial charge in [-0.05, 0) is 36.8 Å². The Labute approximate surface area is 164 Å². The Morgan fingerprint density at radius 1 is 1.00 bits per heavy atom. The van der Waals surface area contributed by atoms with Crippen LogP contribution in [0.3, 0.4) is 0 Å². The Balaban J connectivity index is 1.93. The molecule has 2 aromatic carbocycles. The summed E-state index contributed by atoms with van der Waals surface area (Å²) in [6, 6.07) is 9.74. The van der Waals surface area contributed by atoms with Crippen molar-refractivity contribution in [2.75, 3.05) is 43.2 Å². The van der Waals surface area contributed by atoms with Crippen molar-refractivity contribution in [3.05, 3.63) is 42.0 Å². The highest BCUT2D eigenvalue weighted by atomic mass is 32.2. The van der Waals surface area contributed by atoms with E-state index in [1.807, 2.05) is 0 Å². The van der Waals surface area contributed by atoms with Gasteiger partial charge in [0.05, 0.1) is 44.0 Å². The monoisotopic (exact) mass is 406 g/mol. The fraction of sp³-hybridized carbons (Fsp3) is 0.316. The van der Waals surface area contributed by atoms with Gasteiger partial charge in [0, 0.05) is 12.6 Å². The number of nitrogens with one attached hydrogen (secondary N) is 1. The van der Waals surface area contributed by atoms with Gasteiger partial charge in [-0.15, -0.1) is 0 Å². The number of methoxy groups -OCH3 is 3. The summed E-state index contributed by atoms with van der Waals surface area (Å²) in [7, 11) is 1.14. The predicted octanol–water partition coefficient (Wildman–Crippen LogP) is 2.50. The molecule has 1 N–H and O–H groups in total. The lowest BCUT2D eigenvalue weighted by Gasteiger charge is -2.19. The topological polar surface area (TPSA) is 94.2 Å². The van der Waals surface area contributed by atoms with Crippen LogP contribution in [-0.4, -0.2) is 48.0 Å². The van der Waals surface area contributed by atoms with Crippen molar-refractivity contribution in [2.24, 2.45) is 0 Å². The zero-order valence-electron chi connectivity index (χ0n) is 15.9. The van der Waals surface area contributed by atoms with Crippen LogP contribution in [0, 0.1) is 0 Å². The molecule has 1 aliphatic rings. The first-order chi connectivity index (χ1) is 13.4. The molecular formula is C19H22N2O6S. The Bertz CT molecular complexity index is 990. The van der Waals surface area contributed by atoms with Crippen LogP contribution in [0.5, 0.6) is 17.2 Å². The average molecular weight is 406 g/mol. The highest BCUT2D eigenvalue weighted by Gasteiger charge is 2.29. The number of nitrogens with zero attached hydrogens (tertiary/aromatic N) is 1. The molecule has 0 radical (unpaired) electrons. The highest BCUT2D eigenvalue weighted by molar-refractivity contribution is 7.93. The first-order valence-corrected chi connectivity index (χ1v) is 10.2. The molecule has 1 aliphatic heterocycles. The first-order valence-electron chi connectivity index (χ1n) is 8.61. The van der Waals surface area contributed by atoms with E-state index in [4.69, 9.17) is 14.2 Å². The number of carbonyl (C=O) groups is 1. The minimum Gasteiger partial charge on any atom is -0.497 e. The molecule has 2 aromatic rings. The molecule has 0 spiro atoms. The number of rotatable bonds is 6. The summed E-state index contributed by atoms with van der Waals surface area (Å²) >= 11 is 0. The van der Waals surface area contributed by atoms with E-state index >= 15 is 0 Å². The third kappa shape index (κ3) is 3.84. The molecule has 0 saturated carbocycles. The molecule has 8 nitrogen and oxygen atoms in total. The van der Waals surface area contributed by atoms with Gasteiger partial charge in [-0.1, -0.05) is 0 Å². The van der Waals surface area contributed by atoms with E-state index in [2.05, 4.69) is 5.32 Å². The summed E-state index contributed by atoms with van der Waals surface area (Å²) < 4.78 is 41.5. The van der Waals surface area contributed by atoms with Gasteiger partial charge in [0.1, 0.15) is 17.2 Å². The molecule has 3 rings (SSSR count). The SMILES string of the molecule is COc1ccc(C(=O)Nc2cc(N3CCCS3(=O)=O)ccc2OC)c(OC)c1. The summed E-state index contributed by atoms with van der Waals surface area (Å²) in [5.74, 6) is 1.03. The van der Waals surface area contributed by atoms with Gasteiger partial charge in [0.25, 0.3) is 5.91 Å². The van der Waals surface area contributed by atoms with E-state index in [0.29, 0.717) is 47.2 Å². The normalized spacial score (nSPS) is 15.2. The molecule has 0 aromatic heterocycles. The van der Waals surface area contributed by atoms with Gasteiger partial charge in [-0.2, -0.15) is 0 Å². The molecule has 150 valence electrons. The minimum atomic E-state index is -3.33. The molecule has 1 fully saturated rings. The molecule has 0 unspecified atom stereocenters. The van der Waals surface area contributed by atoms with Crippen LogP contribution in [0.15, 0.2) is 36.4 Å². The van der Waals surface area contributed by atoms with E-state index in [-0.39, 0.29) is 5.75 Å². The maximum Gasteiger partial charge on any atom is 0.259 e. The number of ether oxygens (including phenoxy) is 3. The molecule has 0 atom stereocenters. The van der Waals surface area contributed by atoms with Gasteiger partial charge in [-0.25, -0.2) is 8.42 Å². The Morgan fingerprint density at radius 2 is 1.75 bits per heavy atom. The summed E-state index contributed by atoms with van der Waals surface area (Å²) in [6.07, 6.45) is 0.569. The maximum atomic E-state index is 12.8. The van der Waals surface area contributed by atoms with Gasteiger partial charge in [0.15, 0.2) is 0 Å². The summed E-state index contributed by atoms with van der Waals surface area (Å²) in [4.78, 5) is 12.8.